The number of hydrogen-bond donors (Lipinski definition) is 1. The summed E-state index contributed by atoms with van der Waals surface area (Å²) in [6, 6.07) is 0.737. The molecule has 1 aliphatic heterocycles. The highest BCUT2D eigenvalue weighted by Crippen LogP contribution is 2.22. The Kier molecular flexibility index (Phi) is 4.29. The van der Waals surface area contributed by atoms with Crippen molar-refractivity contribution in [2.75, 3.05) is 24.6 Å². The molecule has 1 heterocycles. The maximum atomic E-state index is 12.0. The summed E-state index contributed by atoms with van der Waals surface area (Å²) in [5.74, 6) is 2.31. The van der Waals surface area contributed by atoms with Crippen molar-refractivity contribution in [1.82, 2.24) is 10.2 Å². The number of nitrogens with zero attached hydrogens (tertiary/aromatic N) is 1. The molecule has 0 aromatic carbocycles. The van der Waals surface area contributed by atoms with Gasteiger partial charge in [0.1, 0.15) is 0 Å². The van der Waals surface area contributed by atoms with Crippen molar-refractivity contribution < 1.29 is 4.79 Å². The summed E-state index contributed by atoms with van der Waals surface area (Å²) in [5.41, 5.74) is 0. The van der Waals surface area contributed by atoms with E-state index in [4.69, 9.17) is 0 Å². The highest BCUT2D eigenvalue weighted by molar-refractivity contribution is 7.99. The average Bonchev–Trinajstić information content (AvgIpc) is 3.03. The molecule has 1 saturated carbocycles. The number of carbonyl (C=O) groups excluding carboxylic acids is 1. The van der Waals surface area contributed by atoms with Gasteiger partial charge in [0.05, 0.1) is 6.04 Å². The van der Waals surface area contributed by atoms with Crippen LogP contribution in [0.3, 0.4) is 0 Å². The van der Waals surface area contributed by atoms with Crippen molar-refractivity contribution in [3.05, 3.63) is 12.7 Å². The van der Waals surface area contributed by atoms with Gasteiger partial charge in [-0.05, 0) is 19.3 Å². The van der Waals surface area contributed by atoms with Crippen molar-refractivity contribution in [2.24, 2.45) is 0 Å². The molecule has 3 nitrogen and oxygen atoms in total. The highest BCUT2D eigenvalue weighted by Gasteiger charge is 2.35. The van der Waals surface area contributed by atoms with Gasteiger partial charge in [0, 0.05) is 30.6 Å². The van der Waals surface area contributed by atoms with Crippen LogP contribution in [0.2, 0.25) is 0 Å². The van der Waals surface area contributed by atoms with Gasteiger partial charge in [-0.25, -0.2) is 0 Å². The number of rotatable bonds is 7. The molecule has 2 rings (SSSR count). The Balaban J connectivity index is 1.66. The Hall–Kier alpha value is -0.480. The molecule has 0 aromatic heterocycles. The second kappa shape index (κ2) is 5.73. The van der Waals surface area contributed by atoms with Crippen molar-refractivity contribution in [3.8, 4) is 0 Å². The van der Waals surface area contributed by atoms with Crippen LogP contribution >= 0.6 is 11.8 Å². The molecule has 0 aromatic rings. The lowest BCUT2D eigenvalue weighted by atomic mass is 10.2. The molecule has 16 heavy (non-hydrogen) atoms. The van der Waals surface area contributed by atoms with Crippen LogP contribution in [0.5, 0.6) is 0 Å². The molecule has 0 radical (unpaired) electrons. The minimum absolute atomic E-state index is 0.108. The van der Waals surface area contributed by atoms with Crippen LogP contribution in [0.4, 0.5) is 0 Å². The molecular weight excluding hydrogens is 220 g/mol. The van der Waals surface area contributed by atoms with Crippen molar-refractivity contribution in [2.45, 2.75) is 31.3 Å². The zero-order valence-electron chi connectivity index (χ0n) is 9.65. The van der Waals surface area contributed by atoms with Crippen molar-refractivity contribution in [1.29, 1.82) is 0 Å². The van der Waals surface area contributed by atoms with Gasteiger partial charge in [0.2, 0.25) is 5.91 Å². The summed E-state index contributed by atoms with van der Waals surface area (Å²) in [7, 11) is 0. The van der Waals surface area contributed by atoms with Gasteiger partial charge < -0.3 is 10.2 Å². The maximum Gasteiger partial charge on any atom is 0.239 e. The fourth-order valence-electron chi connectivity index (χ4n) is 1.99. The predicted molar refractivity (Wildman–Crippen MR) is 68.7 cm³/mol. The van der Waals surface area contributed by atoms with E-state index < -0.39 is 0 Å². The molecule has 2 fully saturated rings. The Morgan fingerprint density at radius 2 is 2.31 bits per heavy atom. The number of carbonyl (C=O) groups is 1. The zero-order chi connectivity index (χ0) is 11.4. The van der Waals surface area contributed by atoms with Crippen molar-refractivity contribution in [3.63, 3.8) is 0 Å². The third-order valence-electron chi connectivity index (χ3n) is 3.05. The monoisotopic (exact) mass is 240 g/mol. The molecule has 0 spiro atoms. The first-order valence-electron chi connectivity index (χ1n) is 6.04. The summed E-state index contributed by atoms with van der Waals surface area (Å²) in [6.45, 7) is 5.50. The van der Waals surface area contributed by atoms with E-state index in [1.807, 2.05) is 22.7 Å². The SMILES string of the molecule is C=CCSCCN1CCC(NC2CC2)C1=O. The van der Waals surface area contributed by atoms with E-state index in [0.717, 1.165) is 31.0 Å². The lowest BCUT2D eigenvalue weighted by Crippen LogP contribution is -2.39. The summed E-state index contributed by atoms with van der Waals surface area (Å²) < 4.78 is 0. The molecular formula is C12H20N2OS. The number of thioether (sulfide) groups is 1. The Labute approximate surface area is 102 Å². The van der Waals surface area contributed by atoms with Crippen LogP contribution in [0.15, 0.2) is 12.7 Å². The smallest absolute Gasteiger partial charge is 0.239 e. The first-order valence-corrected chi connectivity index (χ1v) is 7.20. The number of nitrogens with one attached hydrogen (secondary N) is 1. The number of likely N-dealkylation sites (tertiary alicyclic amines) is 1. The van der Waals surface area contributed by atoms with Gasteiger partial charge in [0.15, 0.2) is 0 Å². The second-order valence-corrected chi connectivity index (χ2v) is 5.62. The van der Waals surface area contributed by atoms with Gasteiger partial charge in [-0.1, -0.05) is 6.08 Å². The summed E-state index contributed by atoms with van der Waals surface area (Å²) in [6.07, 6.45) is 5.40. The average molecular weight is 240 g/mol. The van der Waals surface area contributed by atoms with E-state index in [-0.39, 0.29) is 6.04 Å². The standard InChI is InChI=1S/C12H20N2OS/c1-2-8-16-9-7-14-6-5-11(12(14)15)13-10-3-4-10/h2,10-11,13H,1,3-9H2. The van der Waals surface area contributed by atoms with E-state index in [9.17, 15) is 4.79 Å². The molecule has 0 bridgehead atoms. The Bertz CT molecular complexity index is 266. The quantitative estimate of drug-likeness (QED) is 0.537. The third kappa shape index (κ3) is 3.25. The molecule has 90 valence electrons. The van der Waals surface area contributed by atoms with E-state index in [2.05, 4.69) is 11.9 Å². The van der Waals surface area contributed by atoms with E-state index in [1.165, 1.54) is 12.8 Å². The molecule has 2 aliphatic rings. The minimum atomic E-state index is 0.108. The van der Waals surface area contributed by atoms with Gasteiger partial charge in [-0.2, -0.15) is 11.8 Å². The second-order valence-electron chi connectivity index (χ2n) is 4.47. The van der Waals surface area contributed by atoms with Crippen LogP contribution in [0.1, 0.15) is 19.3 Å². The van der Waals surface area contributed by atoms with E-state index >= 15 is 0 Å². The summed E-state index contributed by atoms with van der Waals surface area (Å²) >= 11 is 1.84. The summed E-state index contributed by atoms with van der Waals surface area (Å²) in [4.78, 5) is 14.0. The predicted octanol–water partition coefficient (Wildman–Crippen LogP) is 1.26. The van der Waals surface area contributed by atoms with E-state index in [1.54, 1.807) is 0 Å². The van der Waals surface area contributed by atoms with Gasteiger partial charge in [-0.3, -0.25) is 4.79 Å². The lowest BCUT2D eigenvalue weighted by molar-refractivity contribution is -0.129. The molecule has 1 amide bonds. The lowest BCUT2D eigenvalue weighted by Gasteiger charge is -2.16. The van der Waals surface area contributed by atoms with Crippen LogP contribution in [-0.2, 0) is 4.79 Å². The topological polar surface area (TPSA) is 32.3 Å². The van der Waals surface area contributed by atoms with Gasteiger partial charge >= 0.3 is 0 Å². The van der Waals surface area contributed by atoms with Crippen LogP contribution in [0.25, 0.3) is 0 Å². The molecule has 1 aliphatic carbocycles. The van der Waals surface area contributed by atoms with E-state index in [0.29, 0.717) is 11.9 Å². The minimum Gasteiger partial charge on any atom is -0.340 e. The van der Waals surface area contributed by atoms with Crippen molar-refractivity contribution >= 4 is 17.7 Å². The maximum absolute atomic E-state index is 12.0. The molecule has 1 saturated heterocycles. The molecule has 1 unspecified atom stereocenters. The van der Waals surface area contributed by atoms with Crippen LogP contribution in [-0.4, -0.2) is 47.5 Å². The van der Waals surface area contributed by atoms with Gasteiger partial charge in [0.25, 0.3) is 0 Å². The van der Waals surface area contributed by atoms with Crippen LogP contribution < -0.4 is 5.32 Å². The first kappa shape index (κ1) is 12.0. The molecule has 1 N–H and O–H groups in total. The highest BCUT2D eigenvalue weighted by atomic mass is 32.2. The number of hydrogen-bond acceptors (Lipinski definition) is 3. The summed E-state index contributed by atoms with van der Waals surface area (Å²) in [5, 5.41) is 3.42. The molecule has 1 atom stereocenters. The third-order valence-corrected chi connectivity index (χ3v) is 4.00. The zero-order valence-corrected chi connectivity index (χ0v) is 10.5. The van der Waals surface area contributed by atoms with Crippen LogP contribution in [0, 0.1) is 0 Å². The Morgan fingerprint density at radius 1 is 1.50 bits per heavy atom. The fraction of sp³-hybridized carbons (Fsp3) is 0.750. The largest absolute Gasteiger partial charge is 0.340 e. The normalized spacial score (nSPS) is 25.1. The Morgan fingerprint density at radius 3 is 3.00 bits per heavy atom. The van der Waals surface area contributed by atoms with Gasteiger partial charge in [-0.15, -0.1) is 6.58 Å². The number of amides is 1. The first-order chi connectivity index (χ1) is 7.81. The molecule has 4 heteroatoms. The fourth-order valence-corrected chi connectivity index (χ4v) is 2.67.